The van der Waals surface area contributed by atoms with Crippen LogP contribution in [0.3, 0.4) is 0 Å². The second-order valence-corrected chi connectivity index (χ2v) is 5.86. The second-order valence-electron chi connectivity index (χ2n) is 5.43. The van der Waals surface area contributed by atoms with E-state index >= 15 is 0 Å². The maximum atomic E-state index is 12.3. The van der Waals surface area contributed by atoms with E-state index in [1.54, 1.807) is 36.1 Å². The van der Waals surface area contributed by atoms with Gasteiger partial charge in [-0.25, -0.2) is 0 Å². The van der Waals surface area contributed by atoms with Crippen LogP contribution in [0.4, 0.5) is 0 Å². The molecule has 2 heterocycles. The Hall–Kier alpha value is -2.05. The number of ether oxygens (including phenoxy) is 1. The Labute approximate surface area is 138 Å². The molecule has 3 rings (SSSR count). The largest absolute Gasteiger partial charge is 0.451 e. The fourth-order valence-corrected chi connectivity index (χ4v) is 2.69. The Morgan fingerprint density at radius 1 is 1.26 bits per heavy atom. The number of amides is 2. The zero-order chi connectivity index (χ0) is 16.4. The number of nitrogens with zero attached hydrogens (tertiary/aromatic N) is 1. The lowest BCUT2D eigenvalue weighted by molar-refractivity contribution is -0.136. The summed E-state index contributed by atoms with van der Waals surface area (Å²) in [4.78, 5) is 26.2. The minimum absolute atomic E-state index is 0.124. The molecule has 1 saturated heterocycles. The van der Waals surface area contributed by atoms with Crippen LogP contribution >= 0.6 is 11.6 Å². The number of benzene rings is 1. The van der Waals surface area contributed by atoms with Gasteiger partial charge < -0.3 is 19.4 Å². The molecule has 1 atom stereocenters. The van der Waals surface area contributed by atoms with Gasteiger partial charge in [-0.15, -0.1) is 0 Å². The SMILES string of the molecule is C[C@@H](NC(=O)c1cc2cc(Cl)ccc2o1)C(=O)N1CCOCC1. The maximum Gasteiger partial charge on any atom is 0.287 e. The fourth-order valence-electron chi connectivity index (χ4n) is 2.51. The number of furan rings is 1. The van der Waals surface area contributed by atoms with Gasteiger partial charge in [0.25, 0.3) is 5.91 Å². The monoisotopic (exact) mass is 336 g/mol. The van der Waals surface area contributed by atoms with Crippen molar-refractivity contribution < 1.29 is 18.7 Å². The predicted octanol–water partition coefficient (Wildman–Crippen LogP) is 2.06. The number of nitrogens with one attached hydrogen (secondary N) is 1. The molecule has 1 aromatic heterocycles. The molecule has 1 fully saturated rings. The van der Waals surface area contributed by atoms with Crippen molar-refractivity contribution in [1.29, 1.82) is 0 Å². The Morgan fingerprint density at radius 3 is 2.74 bits per heavy atom. The zero-order valence-corrected chi connectivity index (χ0v) is 13.4. The van der Waals surface area contributed by atoms with Gasteiger partial charge in [0.2, 0.25) is 5.91 Å². The first-order valence-corrected chi connectivity index (χ1v) is 7.79. The summed E-state index contributed by atoms with van der Waals surface area (Å²) in [7, 11) is 0. The first kappa shape index (κ1) is 15.8. The molecule has 0 radical (unpaired) electrons. The quantitative estimate of drug-likeness (QED) is 0.931. The summed E-state index contributed by atoms with van der Waals surface area (Å²) >= 11 is 5.92. The van der Waals surface area contributed by atoms with Gasteiger partial charge in [-0.1, -0.05) is 11.6 Å². The average Bonchev–Trinajstić information content (AvgIpc) is 2.98. The topological polar surface area (TPSA) is 71.8 Å². The first-order valence-electron chi connectivity index (χ1n) is 7.41. The van der Waals surface area contributed by atoms with Crippen molar-refractivity contribution in [1.82, 2.24) is 10.2 Å². The molecule has 0 spiro atoms. The average molecular weight is 337 g/mol. The second kappa shape index (κ2) is 6.60. The summed E-state index contributed by atoms with van der Waals surface area (Å²) in [5, 5.41) is 3.99. The van der Waals surface area contributed by atoms with Crippen molar-refractivity contribution in [2.45, 2.75) is 13.0 Å². The number of hydrogen-bond acceptors (Lipinski definition) is 4. The molecule has 2 aromatic rings. The van der Waals surface area contributed by atoms with E-state index in [9.17, 15) is 9.59 Å². The molecule has 0 bridgehead atoms. The highest BCUT2D eigenvalue weighted by Gasteiger charge is 2.25. The number of carbonyl (C=O) groups excluding carboxylic acids is 2. The van der Waals surface area contributed by atoms with E-state index in [1.165, 1.54) is 0 Å². The van der Waals surface area contributed by atoms with Crippen LogP contribution in [0, 0.1) is 0 Å². The van der Waals surface area contributed by atoms with Crippen molar-refractivity contribution in [2.24, 2.45) is 0 Å². The van der Waals surface area contributed by atoms with E-state index < -0.39 is 11.9 Å². The van der Waals surface area contributed by atoms with Crippen molar-refractivity contribution in [2.75, 3.05) is 26.3 Å². The van der Waals surface area contributed by atoms with Crippen LogP contribution in [-0.2, 0) is 9.53 Å². The summed E-state index contributed by atoms with van der Waals surface area (Å²) in [6.45, 7) is 3.80. The molecule has 7 heteroatoms. The molecule has 6 nitrogen and oxygen atoms in total. The molecule has 1 N–H and O–H groups in total. The van der Waals surface area contributed by atoms with Crippen LogP contribution in [0.25, 0.3) is 11.0 Å². The minimum Gasteiger partial charge on any atom is -0.451 e. The van der Waals surface area contributed by atoms with Gasteiger partial charge in [-0.3, -0.25) is 9.59 Å². The van der Waals surface area contributed by atoms with E-state index in [1.807, 2.05) is 0 Å². The highest BCUT2D eigenvalue weighted by atomic mass is 35.5. The van der Waals surface area contributed by atoms with Crippen molar-refractivity contribution in [3.05, 3.63) is 35.0 Å². The number of morpholine rings is 1. The van der Waals surface area contributed by atoms with E-state index in [4.69, 9.17) is 20.8 Å². The number of carbonyl (C=O) groups is 2. The van der Waals surface area contributed by atoms with Crippen LogP contribution in [0.5, 0.6) is 0 Å². The summed E-state index contributed by atoms with van der Waals surface area (Å²) < 4.78 is 10.7. The number of fused-ring (bicyclic) bond motifs is 1. The first-order chi connectivity index (χ1) is 11.0. The van der Waals surface area contributed by atoms with E-state index in [2.05, 4.69) is 5.32 Å². The summed E-state index contributed by atoms with van der Waals surface area (Å²) in [5.41, 5.74) is 0.576. The molecule has 0 aliphatic carbocycles. The molecule has 2 amide bonds. The molecule has 23 heavy (non-hydrogen) atoms. The standard InChI is InChI=1S/C16H17ClN2O4/c1-10(16(21)19-4-6-22-7-5-19)18-15(20)14-9-11-8-12(17)2-3-13(11)23-14/h2-3,8-10H,4-7H2,1H3,(H,18,20)/t10-/m1/s1. The molecule has 1 aliphatic rings. The van der Waals surface area contributed by atoms with Crippen LogP contribution in [0.15, 0.2) is 28.7 Å². The summed E-state index contributed by atoms with van der Waals surface area (Å²) in [5.74, 6) is -0.392. The lowest BCUT2D eigenvalue weighted by atomic mass is 10.2. The molecule has 0 unspecified atom stereocenters. The molecule has 1 aliphatic heterocycles. The third-order valence-corrected chi connectivity index (χ3v) is 3.98. The van der Waals surface area contributed by atoms with Crippen LogP contribution < -0.4 is 5.32 Å². The number of halogens is 1. The third kappa shape index (κ3) is 3.48. The Morgan fingerprint density at radius 2 is 2.00 bits per heavy atom. The Bertz CT molecular complexity index is 737. The van der Waals surface area contributed by atoms with Gasteiger partial charge in [-0.2, -0.15) is 0 Å². The fraction of sp³-hybridized carbons (Fsp3) is 0.375. The van der Waals surface area contributed by atoms with Gasteiger partial charge in [0.05, 0.1) is 13.2 Å². The van der Waals surface area contributed by atoms with E-state index in [0.717, 1.165) is 5.39 Å². The van der Waals surface area contributed by atoms with Crippen molar-refractivity contribution in [3.8, 4) is 0 Å². The molecule has 0 saturated carbocycles. The summed E-state index contributed by atoms with van der Waals surface area (Å²) in [6, 6.07) is 6.11. The van der Waals surface area contributed by atoms with Crippen molar-refractivity contribution in [3.63, 3.8) is 0 Å². The third-order valence-electron chi connectivity index (χ3n) is 3.74. The zero-order valence-electron chi connectivity index (χ0n) is 12.7. The molecule has 122 valence electrons. The Kier molecular flexibility index (Phi) is 4.54. The normalized spacial score (nSPS) is 16.3. The highest BCUT2D eigenvalue weighted by Crippen LogP contribution is 2.23. The maximum absolute atomic E-state index is 12.3. The highest BCUT2D eigenvalue weighted by molar-refractivity contribution is 6.31. The minimum atomic E-state index is -0.627. The van der Waals surface area contributed by atoms with Gasteiger partial charge in [0.15, 0.2) is 5.76 Å². The van der Waals surface area contributed by atoms with Gasteiger partial charge in [0, 0.05) is 23.5 Å². The lowest BCUT2D eigenvalue weighted by Crippen LogP contribution is -2.50. The molecular weight excluding hydrogens is 320 g/mol. The van der Waals surface area contributed by atoms with Crippen LogP contribution in [0.1, 0.15) is 17.5 Å². The van der Waals surface area contributed by atoms with Gasteiger partial charge >= 0.3 is 0 Å². The summed E-state index contributed by atoms with van der Waals surface area (Å²) in [6.07, 6.45) is 0. The van der Waals surface area contributed by atoms with Gasteiger partial charge in [-0.05, 0) is 31.2 Å². The van der Waals surface area contributed by atoms with Crippen molar-refractivity contribution >= 4 is 34.4 Å². The van der Waals surface area contributed by atoms with Crippen LogP contribution in [0.2, 0.25) is 5.02 Å². The van der Waals surface area contributed by atoms with Gasteiger partial charge in [0.1, 0.15) is 11.6 Å². The molecule has 1 aromatic carbocycles. The lowest BCUT2D eigenvalue weighted by Gasteiger charge is -2.29. The molecular formula is C16H17ClN2O4. The smallest absolute Gasteiger partial charge is 0.287 e. The van der Waals surface area contributed by atoms with Crippen LogP contribution in [-0.4, -0.2) is 49.1 Å². The van der Waals surface area contributed by atoms with E-state index in [0.29, 0.717) is 36.9 Å². The van der Waals surface area contributed by atoms with E-state index in [-0.39, 0.29) is 11.7 Å². The predicted molar refractivity (Wildman–Crippen MR) is 85.6 cm³/mol. The Balaban J connectivity index is 1.68. The number of hydrogen-bond donors (Lipinski definition) is 1. The number of rotatable bonds is 3.